The van der Waals surface area contributed by atoms with Crippen LogP contribution in [0.5, 0.6) is 0 Å². The summed E-state index contributed by atoms with van der Waals surface area (Å²) in [6.45, 7) is 0. The minimum absolute atomic E-state index is 0.00108. The van der Waals surface area contributed by atoms with Gasteiger partial charge in [-0.15, -0.1) is 0 Å². The van der Waals surface area contributed by atoms with Crippen LogP contribution in [0.2, 0.25) is 5.15 Å². The van der Waals surface area contributed by atoms with Gasteiger partial charge in [0.2, 0.25) is 0 Å². The molecule has 0 aliphatic heterocycles. The zero-order chi connectivity index (χ0) is 13.6. The van der Waals surface area contributed by atoms with Gasteiger partial charge in [0, 0.05) is 12.1 Å². The quantitative estimate of drug-likeness (QED) is 0.510. The van der Waals surface area contributed by atoms with Crippen molar-refractivity contribution in [3.63, 3.8) is 0 Å². The molecule has 3 rings (SSSR count). The fourth-order valence-corrected chi connectivity index (χ4v) is 1.85. The van der Waals surface area contributed by atoms with Gasteiger partial charge in [-0.3, -0.25) is 0 Å². The summed E-state index contributed by atoms with van der Waals surface area (Å²) in [7, 11) is 0. The van der Waals surface area contributed by atoms with Crippen LogP contribution in [0.25, 0.3) is 16.7 Å². The number of nitrogens with zero attached hydrogens (tertiary/aromatic N) is 4. The molecule has 0 spiro atoms. The molecule has 0 fully saturated rings. The number of halogens is 4. The molecule has 8 heteroatoms. The van der Waals surface area contributed by atoms with Crippen LogP contribution in [-0.4, -0.2) is 19.7 Å². The first-order valence-corrected chi connectivity index (χ1v) is 5.45. The van der Waals surface area contributed by atoms with Gasteiger partial charge in [0.25, 0.3) is 0 Å². The van der Waals surface area contributed by atoms with Crippen LogP contribution in [0.4, 0.5) is 13.2 Å². The molecule has 2 aromatic heterocycles. The van der Waals surface area contributed by atoms with Gasteiger partial charge in [-0.2, -0.15) is 5.10 Å². The number of aromatic nitrogens is 4. The molecule has 1 aromatic carbocycles. The normalized spacial score (nSPS) is 11.2. The molecule has 0 atom stereocenters. The van der Waals surface area contributed by atoms with Crippen molar-refractivity contribution in [3.05, 3.63) is 47.3 Å². The maximum atomic E-state index is 13.2. The Bertz CT molecular complexity index is 764. The number of hydrogen-bond donors (Lipinski definition) is 0. The van der Waals surface area contributed by atoms with Gasteiger partial charge in [-0.25, -0.2) is 27.8 Å². The van der Waals surface area contributed by atoms with Crippen molar-refractivity contribution in [1.82, 2.24) is 19.7 Å². The highest BCUT2D eigenvalue weighted by atomic mass is 35.5. The van der Waals surface area contributed by atoms with Crippen molar-refractivity contribution in [2.45, 2.75) is 0 Å². The predicted octanol–water partition coefficient (Wildman–Crippen LogP) is 2.89. The number of benzene rings is 1. The molecular weight excluding hydrogens is 281 g/mol. The van der Waals surface area contributed by atoms with Gasteiger partial charge in [-0.1, -0.05) is 11.6 Å². The Hall–Kier alpha value is -2.15. The second kappa shape index (κ2) is 4.20. The summed E-state index contributed by atoms with van der Waals surface area (Å²) in [4.78, 5) is 7.68. The lowest BCUT2D eigenvalue weighted by Crippen LogP contribution is -2.01. The Kier molecular flexibility index (Phi) is 2.63. The fourth-order valence-electron chi connectivity index (χ4n) is 1.67. The van der Waals surface area contributed by atoms with E-state index in [4.69, 9.17) is 11.6 Å². The summed E-state index contributed by atoms with van der Waals surface area (Å²) in [5, 5.41) is 4.50. The predicted molar refractivity (Wildman–Crippen MR) is 61.5 cm³/mol. The van der Waals surface area contributed by atoms with Crippen molar-refractivity contribution in [1.29, 1.82) is 0 Å². The van der Waals surface area contributed by atoms with Crippen molar-refractivity contribution < 1.29 is 13.2 Å². The van der Waals surface area contributed by atoms with Crippen LogP contribution >= 0.6 is 11.6 Å². The molecule has 0 unspecified atom stereocenters. The van der Waals surface area contributed by atoms with Crippen molar-refractivity contribution in [3.8, 4) is 5.69 Å². The van der Waals surface area contributed by atoms with E-state index in [1.54, 1.807) is 0 Å². The second-order valence-electron chi connectivity index (χ2n) is 3.68. The molecule has 0 saturated heterocycles. The van der Waals surface area contributed by atoms with E-state index < -0.39 is 17.5 Å². The lowest BCUT2D eigenvalue weighted by Gasteiger charge is -2.04. The number of fused-ring (bicyclic) bond motifs is 1. The SMILES string of the molecule is Fc1cc(-n2ncc3c(Cl)ncnc32)cc(F)c1F. The first-order chi connectivity index (χ1) is 9.08. The van der Waals surface area contributed by atoms with Gasteiger partial charge in [-0.05, 0) is 0 Å². The highest BCUT2D eigenvalue weighted by molar-refractivity contribution is 6.33. The van der Waals surface area contributed by atoms with Gasteiger partial charge < -0.3 is 0 Å². The third kappa shape index (κ3) is 1.82. The molecule has 0 bridgehead atoms. The molecule has 19 heavy (non-hydrogen) atoms. The Labute approximate surface area is 109 Å². The average Bonchev–Trinajstić information content (AvgIpc) is 2.80. The molecule has 96 valence electrons. The zero-order valence-corrected chi connectivity index (χ0v) is 9.87. The van der Waals surface area contributed by atoms with E-state index in [9.17, 15) is 13.2 Å². The first kappa shape index (κ1) is 11.9. The van der Waals surface area contributed by atoms with E-state index >= 15 is 0 Å². The van der Waals surface area contributed by atoms with Crippen molar-refractivity contribution in [2.24, 2.45) is 0 Å². The van der Waals surface area contributed by atoms with Crippen molar-refractivity contribution in [2.75, 3.05) is 0 Å². The van der Waals surface area contributed by atoms with E-state index in [0.29, 0.717) is 5.39 Å². The van der Waals surface area contributed by atoms with E-state index in [0.717, 1.165) is 16.8 Å². The molecule has 3 aromatic rings. The lowest BCUT2D eigenvalue weighted by molar-refractivity contribution is 0.446. The lowest BCUT2D eigenvalue weighted by atomic mass is 10.3. The molecule has 2 heterocycles. The third-order valence-electron chi connectivity index (χ3n) is 2.53. The maximum Gasteiger partial charge on any atom is 0.194 e. The summed E-state index contributed by atoms with van der Waals surface area (Å²) < 4.78 is 40.4. The van der Waals surface area contributed by atoms with Crippen LogP contribution in [0.15, 0.2) is 24.7 Å². The van der Waals surface area contributed by atoms with Crippen LogP contribution in [0.1, 0.15) is 0 Å². The van der Waals surface area contributed by atoms with Crippen LogP contribution in [0, 0.1) is 17.5 Å². The molecule has 0 aliphatic rings. The monoisotopic (exact) mass is 284 g/mol. The highest BCUT2D eigenvalue weighted by Crippen LogP contribution is 2.23. The molecule has 4 nitrogen and oxygen atoms in total. The Balaban J connectivity index is 2.28. The van der Waals surface area contributed by atoms with E-state index in [2.05, 4.69) is 15.1 Å². The molecule has 0 aliphatic carbocycles. The third-order valence-corrected chi connectivity index (χ3v) is 2.83. The summed E-state index contributed by atoms with van der Waals surface area (Å²) in [6.07, 6.45) is 2.55. The minimum Gasteiger partial charge on any atom is -0.224 e. The number of rotatable bonds is 1. The van der Waals surface area contributed by atoms with Gasteiger partial charge >= 0.3 is 0 Å². The average molecular weight is 285 g/mol. The smallest absolute Gasteiger partial charge is 0.194 e. The Morgan fingerprint density at radius 1 is 1.05 bits per heavy atom. The number of hydrogen-bond acceptors (Lipinski definition) is 3. The Morgan fingerprint density at radius 2 is 1.74 bits per heavy atom. The summed E-state index contributed by atoms with van der Waals surface area (Å²) in [5.41, 5.74) is 0.270. The van der Waals surface area contributed by atoms with Crippen molar-refractivity contribution >= 4 is 22.6 Å². The fraction of sp³-hybridized carbons (Fsp3) is 0. The highest BCUT2D eigenvalue weighted by Gasteiger charge is 2.15. The van der Waals surface area contributed by atoms with Crippen LogP contribution in [-0.2, 0) is 0 Å². The largest absolute Gasteiger partial charge is 0.224 e. The van der Waals surface area contributed by atoms with Gasteiger partial charge in [0.05, 0.1) is 17.3 Å². The molecule has 0 radical (unpaired) electrons. The van der Waals surface area contributed by atoms with E-state index in [1.807, 2.05) is 0 Å². The summed E-state index contributed by atoms with van der Waals surface area (Å²) in [5.74, 6) is -4.15. The van der Waals surface area contributed by atoms with E-state index in [-0.39, 0.29) is 16.5 Å². The topological polar surface area (TPSA) is 43.6 Å². The summed E-state index contributed by atoms with van der Waals surface area (Å²) >= 11 is 5.83. The standard InChI is InChI=1S/C11H4ClF3N4/c12-10-6-3-18-19(11(6)17-4-16-10)5-1-7(13)9(15)8(14)2-5/h1-4H. The molecular formula is C11H4ClF3N4. The molecule has 0 saturated carbocycles. The maximum absolute atomic E-state index is 13.2. The van der Waals surface area contributed by atoms with Gasteiger partial charge in [0.15, 0.2) is 23.1 Å². The molecule has 0 N–H and O–H groups in total. The Morgan fingerprint density at radius 3 is 2.42 bits per heavy atom. The van der Waals surface area contributed by atoms with E-state index in [1.165, 1.54) is 12.5 Å². The van der Waals surface area contributed by atoms with Gasteiger partial charge in [0.1, 0.15) is 11.5 Å². The second-order valence-corrected chi connectivity index (χ2v) is 4.04. The first-order valence-electron chi connectivity index (χ1n) is 5.07. The van der Waals surface area contributed by atoms with Crippen LogP contribution < -0.4 is 0 Å². The van der Waals surface area contributed by atoms with Crippen LogP contribution in [0.3, 0.4) is 0 Å². The summed E-state index contributed by atoms with van der Waals surface area (Å²) in [6, 6.07) is 1.64. The zero-order valence-electron chi connectivity index (χ0n) is 9.11. The minimum atomic E-state index is -1.53. The molecule has 0 amide bonds.